The van der Waals surface area contributed by atoms with Gasteiger partial charge in [-0.3, -0.25) is 0 Å². The van der Waals surface area contributed by atoms with Crippen molar-refractivity contribution in [2.24, 2.45) is 0 Å². The van der Waals surface area contributed by atoms with Gasteiger partial charge in [-0.15, -0.1) is 0 Å². The summed E-state index contributed by atoms with van der Waals surface area (Å²) in [4.78, 5) is 0. The van der Waals surface area contributed by atoms with Gasteiger partial charge in [0.1, 0.15) is 0 Å². The maximum absolute atomic E-state index is 2.41. The maximum Gasteiger partial charge on any atom is 0.0541 e. The van der Waals surface area contributed by atoms with Crippen LogP contribution >= 0.6 is 0 Å². The first-order chi connectivity index (χ1) is 20.2. The lowest BCUT2D eigenvalue weighted by molar-refractivity contribution is 0.973. The molecule has 0 atom stereocenters. The Bertz CT molecular complexity index is 1810. The first kappa shape index (κ1) is 26.6. The van der Waals surface area contributed by atoms with Crippen LogP contribution in [0.5, 0.6) is 0 Å². The number of rotatable bonds is 8. The minimum atomic E-state index is 1.01. The Morgan fingerprint density at radius 1 is 0.634 bits per heavy atom. The number of hydrogen-bond donors (Lipinski definition) is 0. The molecule has 0 fully saturated rings. The minimum absolute atomic E-state index is 1.01. The summed E-state index contributed by atoms with van der Waals surface area (Å²) in [7, 11) is 0. The van der Waals surface area contributed by atoms with Crippen molar-refractivity contribution in [2.45, 2.75) is 40.0 Å². The lowest BCUT2D eigenvalue weighted by Gasteiger charge is -2.13. The summed E-state index contributed by atoms with van der Waals surface area (Å²) in [5.74, 6) is 0. The molecule has 0 aliphatic heterocycles. The summed E-state index contributed by atoms with van der Waals surface area (Å²) in [6.45, 7) is 6.67. The van der Waals surface area contributed by atoms with Crippen LogP contribution < -0.4 is 0 Å². The molecule has 5 aromatic carbocycles. The summed E-state index contributed by atoms with van der Waals surface area (Å²) < 4.78 is 2.41. The van der Waals surface area contributed by atoms with Gasteiger partial charge >= 0.3 is 0 Å². The molecule has 6 aromatic rings. The Kier molecular flexibility index (Phi) is 7.69. The van der Waals surface area contributed by atoms with Gasteiger partial charge < -0.3 is 4.57 Å². The zero-order valence-corrected chi connectivity index (χ0v) is 24.3. The number of nitrogens with zero attached hydrogens (tertiary/aromatic N) is 1. The van der Waals surface area contributed by atoms with Gasteiger partial charge in [0.05, 0.1) is 11.0 Å². The molecule has 0 saturated carbocycles. The molecule has 1 aromatic heterocycles. The largest absolute Gasteiger partial charge is 0.309 e. The second kappa shape index (κ2) is 11.9. The van der Waals surface area contributed by atoms with Crippen molar-refractivity contribution in [3.8, 4) is 16.8 Å². The zero-order chi connectivity index (χ0) is 28.2. The predicted molar refractivity (Wildman–Crippen MR) is 179 cm³/mol. The molecular weight excluding hydrogens is 494 g/mol. The van der Waals surface area contributed by atoms with Crippen molar-refractivity contribution < 1.29 is 0 Å². The summed E-state index contributed by atoms with van der Waals surface area (Å²) in [5.41, 5.74) is 12.7. The lowest BCUT2D eigenvalue weighted by atomic mass is 9.93. The molecule has 0 N–H and O–H groups in total. The summed E-state index contributed by atoms with van der Waals surface area (Å²) in [6.07, 6.45) is 7.91. The monoisotopic (exact) mass is 531 g/mol. The number of allylic oxidation sites excluding steroid dienone is 4. The van der Waals surface area contributed by atoms with Gasteiger partial charge in [-0.1, -0.05) is 129 Å². The second-order valence-corrected chi connectivity index (χ2v) is 10.9. The Hall–Kier alpha value is -4.62. The van der Waals surface area contributed by atoms with Crippen LogP contribution in [0.15, 0.2) is 133 Å². The number of benzene rings is 5. The van der Waals surface area contributed by atoms with Gasteiger partial charge in [0.15, 0.2) is 0 Å². The van der Waals surface area contributed by atoms with E-state index in [2.05, 4.69) is 159 Å². The van der Waals surface area contributed by atoms with Crippen LogP contribution in [0.4, 0.5) is 0 Å². The molecular formula is C40H37N. The van der Waals surface area contributed by atoms with Gasteiger partial charge in [-0.25, -0.2) is 0 Å². The normalized spacial score (nSPS) is 12.4. The number of fused-ring (bicyclic) bond motifs is 3. The predicted octanol–water partition coefficient (Wildman–Crippen LogP) is 11.4. The molecule has 0 aliphatic carbocycles. The zero-order valence-electron chi connectivity index (χ0n) is 24.3. The minimum Gasteiger partial charge on any atom is -0.309 e. The molecule has 6 rings (SSSR count). The smallest absolute Gasteiger partial charge is 0.0541 e. The standard InChI is InChI=1S/C40H37N/c1-4-13-33(30-15-7-6-8-16-30)27-34(14-5-2)31-21-23-32(24-22-31)35-25-29(3)26-36(28-35)41-39-19-11-9-17-37(39)38-18-10-12-20-40(38)41/h6-13,15-28H,4-5,14H2,1-3H3/b33-13-,34-27+. The Balaban J connectivity index is 1.40. The van der Waals surface area contributed by atoms with Crippen molar-refractivity contribution in [3.05, 3.63) is 150 Å². The fourth-order valence-electron chi connectivity index (χ4n) is 6.00. The quantitative estimate of drug-likeness (QED) is 0.172. The van der Waals surface area contributed by atoms with E-state index in [4.69, 9.17) is 0 Å². The first-order valence-electron chi connectivity index (χ1n) is 14.8. The van der Waals surface area contributed by atoms with Crippen LogP contribution in [-0.4, -0.2) is 4.57 Å². The number of aromatic nitrogens is 1. The van der Waals surface area contributed by atoms with E-state index < -0.39 is 0 Å². The molecule has 1 nitrogen and oxygen atoms in total. The molecule has 0 bridgehead atoms. The van der Waals surface area contributed by atoms with Crippen LogP contribution in [0.2, 0.25) is 0 Å². The van der Waals surface area contributed by atoms with E-state index in [1.54, 1.807) is 0 Å². The first-order valence-corrected chi connectivity index (χ1v) is 14.8. The third-order valence-electron chi connectivity index (χ3n) is 7.87. The molecule has 0 aliphatic rings. The van der Waals surface area contributed by atoms with Gasteiger partial charge in [-0.2, -0.15) is 0 Å². The Morgan fingerprint density at radius 3 is 1.90 bits per heavy atom. The van der Waals surface area contributed by atoms with Crippen LogP contribution in [0.3, 0.4) is 0 Å². The molecule has 0 saturated heterocycles. The van der Waals surface area contributed by atoms with Crippen LogP contribution in [0, 0.1) is 6.92 Å². The van der Waals surface area contributed by atoms with Crippen molar-refractivity contribution in [1.29, 1.82) is 0 Å². The van der Waals surface area contributed by atoms with Crippen LogP contribution in [0.1, 0.15) is 49.8 Å². The van der Waals surface area contributed by atoms with E-state index in [0.29, 0.717) is 0 Å². The highest BCUT2D eigenvalue weighted by Gasteiger charge is 2.13. The van der Waals surface area contributed by atoms with E-state index in [9.17, 15) is 0 Å². The molecule has 0 unspecified atom stereocenters. The van der Waals surface area contributed by atoms with Crippen LogP contribution in [0.25, 0.3) is 49.8 Å². The number of hydrogen-bond acceptors (Lipinski definition) is 0. The third kappa shape index (κ3) is 5.41. The Labute approximate surface area is 244 Å². The van der Waals surface area contributed by atoms with E-state index in [-0.39, 0.29) is 0 Å². The van der Waals surface area contributed by atoms with Gasteiger partial charge in [-0.05, 0) is 83.0 Å². The summed E-state index contributed by atoms with van der Waals surface area (Å²) in [5, 5.41) is 2.58. The molecule has 0 spiro atoms. The highest BCUT2D eigenvalue weighted by atomic mass is 15.0. The second-order valence-electron chi connectivity index (χ2n) is 10.9. The molecule has 41 heavy (non-hydrogen) atoms. The van der Waals surface area contributed by atoms with Crippen molar-refractivity contribution >= 4 is 33.0 Å². The highest BCUT2D eigenvalue weighted by Crippen LogP contribution is 2.34. The van der Waals surface area contributed by atoms with Gasteiger partial charge in [0.2, 0.25) is 0 Å². The number of aryl methyl sites for hydroxylation is 1. The molecule has 1 heteroatoms. The lowest BCUT2D eigenvalue weighted by Crippen LogP contribution is -1.95. The fourth-order valence-corrected chi connectivity index (χ4v) is 6.00. The topological polar surface area (TPSA) is 4.93 Å². The van der Waals surface area contributed by atoms with Crippen molar-refractivity contribution in [3.63, 3.8) is 0 Å². The van der Waals surface area contributed by atoms with Gasteiger partial charge in [0.25, 0.3) is 0 Å². The van der Waals surface area contributed by atoms with E-state index >= 15 is 0 Å². The van der Waals surface area contributed by atoms with E-state index in [0.717, 1.165) is 19.3 Å². The molecule has 0 amide bonds. The average molecular weight is 532 g/mol. The molecule has 202 valence electrons. The third-order valence-corrected chi connectivity index (χ3v) is 7.87. The average Bonchev–Trinajstić information content (AvgIpc) is 3.35. The van der Waals surface area contributed by atoms with Crippen molar-refractivity contribution in [1.82, 2.24) is 4.57 Å². The van der Waals surface area contributed by atoms with E-state index in [1.807, 2.05) is 0 Å². The summed E-state index contributed by atoms with van der Waals surface area (Å²) in [6, 6.07) is 44.3. The van der Waals surface area contributed by atoms with Crippen LogP contribution in [-0.2, 0) is 0 Å². The summed E-state index contributed by atoms with van der Waals surface area (Å²) >= 11 is 0. The SMILES string of the molecule is CC/C=C(/C=C(\CCC)c1ccc(-c2cc(C)cc(-n3c4ccccc4c4ccccc43)c2)cc1)c1ccccc1. The fraction of sp³-hybridized carbons (Fsp3) is 0.150. The van der Waals surface area contributed by atoms with Gasteiger partial charge in [0, 0.05) is 16.5 Å². The van der Waals surface area contributed by atoms with Crippen molar-refractivity contribution in [2.75, 3.05) is 0 Å². The Morgan fingerprint density at radius 2 is 1.27 bits per heavy atom. The molecule has 0 radical (unpaired) electrons. The highest BCUT2D eigenvalue weighted by molar-refractivity contribution is 6.09. The van der Waals surface area contributed by atoms with E-state index in [1.165, 1.54) is 66.5 Å². The molecule has 1 heterocycles. The number of para-hydroxylation sites is 2. The maximum atomic E-state index is 2.41.